The van der Waals surface area contributed by atoms with Crippen molar-refractivity contribution in [2.45, 2.75) is 32.7 Å². The van der Waals surface area contributed by atoms with E-state index < -0.39 is 29.7 Å². The van der Waals surface area contributed by atoms with Gasteiger partial charge in [0.1, 0.15) is 17.6 Å². The monoisotopic (exact) mass is 470 g/mol. The fraction of sp³-hybridized carbons (Fsp3) is 0.429. The number of anilines is 1. The van der Waals surface area contributed by atoms with Crippen molar-refractivity contribution in [2.75, 3.05) is 11.9 Å². The molecule has 0 aromatic carbocycles. The van der Waals surface area contributed by atoms with Crippen molar-refractivity contribution in [3.8, 4) is 6.07 Å². The smallest absolute Gasteiger partial charge is 0.332 e. The molecule has 1 amide bonds. The maximum atomic E-state index is 12.4. The average Bonchev–Trinajstić information content (AvgIpc) is 3.35. The fourth-order valence-electron chi connectivity index (χ4n) is 3.97. The number of esters is 1. The maximum absolute atomic E-state index is 12.4. The molecule has 12 heteroatoms. The number of aromatic nitrogens is 4. The van der Waals surface area contributed by atoms with E-state index in [0.29, 0.717) is 16.5 Å². The Morgan fingerprint density at radius 2 is 2.09 bits per heavy atom. The highest BCUT2D eigenvalue weighted by molar-refractivity contribution is 7.16. The molecule has 1 atom stereocenters. The Morgan fingerprint density at radius 3 is 2.82 bits per heavy atom. The van der Waals surface area contributed by atoms with Crippen LogP contribution in [-0.2, 0) is 47.8 Å². The third-order valence-electron chi connectivity index (χ3n) is 5.76. The number of nitriles is 1. The van der Waals surface area contributed by atoms with Crippen LogP contribution in [-0.4, -0.2) is 37.2 Å². The van der Waals surface area contributed by atoms with Crippen LogP contribution in [0.5, 0.6) is 0 Å². The largest absolute Gasteiger partial charge is 0.454 e. The Balaban J connectivity index is 1.42. The van der Waals surface area contributed by atoms with Gasteiger partial charge in [0.05, 0.1) is 11.9 Å². The number of thiophene rings is 1. The van der Waals surface area contributed by atoms with E-state index in [1.807, 2.05) is 0 Å². The van der Waals surface area contributed by atoms with Gasteiger partial charge in [0.2, 0.25) is 0 Å². The van der Waals surface area contributed by atoms with Gasteiger partial charge >= 0.3 is 11.7 Å². The molecule has 0 saturated heterocycles. The molecule has 172 valence electrons. The summed E-state index contributed by atoms with van der Waals surface area (Å²) >= 11 is 1.39. The van der Waals surface area contributed by atoms with Gasteiger partial charge in [-0.3, -0.25) is 23.5 Å². The molecule has 0 radical (unpaired) electrons. The van der Waals surface area contributed by atoms with Crippen LogP contribution in [0.3, 0.4) is 0 Å². The fourth-order valence-corrected chi connectivity index (χ4v) is 5.34. The second-order valence-electron chi connectivity index (χ2n) is 8.13. The van der Waals surface area contributed by atoms with Gasteiger partial charge in [-0.1, -0.05) is 6.92 Å². The minimum Gasteiger partial charge on any atom is -0.454 e. The number of hydrogen-bond acceptors (Lipinski definition) is 8. The molecule has 0 aliphatic heterocycles. The molecule has 0 fully saturated rings. The maximum Gasteiger partial charge on any atom is 0.332 e. The number of imidazole rings is 1. The molecule has 3 heterocycles. The van der Waals surface area contributed by atoms with E-state index in [2.05, 4.69) is 23.3 Å². The molecular formula is C21H22N6O5S. The molecule has 0 bridgehead atoms. The molecule has 0 unspecified atom stereocenters. The topological polar surface area (TPSA) is 141 Å². The van der Waals surface area contributed by atoms with Crippen molar-refractivity contribution in [3.63, 3.8) is 0 Å². The van der Waals surface area contributed by atoms with Gasteiger partial charge in [-0.2, -0.15) is 5.26 Å². The van der Waals surface area contributed by atoms with Gasteiger partial charge in [-0.05, 0) is 30.7 Å². The van der Waals surface area contributed by atoms with Crippen LogP contribution in [0.1, 0.15) is 29.3 Å². The summed E-state index contributed by atoms with van der Waals surface area (Å²) in [6, 6.07) is 2.18. The average molecular weight is 471 g/mol. The van der Waals surface area contributed by atoms with E-state index in [-0.39, 0.29) is 17.7 Å². The van der Waals surface area contributed by atoms with E-state index in [9.17, 15) is 24.4 Å². The molecule has 11 nitrogen and oxygen atoms in total. The summed E-state index contributed by atoms with van der Waals surface area (Å²) in [5.41, 5.74) is 0.588. The minimum absolute atomic E-state index is 0.0815. The van der Waals surface area contributed by atoms with Crippen LogP contribution in [0, 0.1) is 17.2 Å². The van der Waals surface area contributed by atoms with Crippen LogP contribution in [0.2, 0.25) is 0 Å². The number of nitrogens with zero attached hydrogens (tertiary/aromatic N) is 5. The highest BCUT2D eigenvalue weighted by Gasteiger charge is 2.25. The second-order valence-corrected chi connectivity index (χ2v) is 9.23. The van der Waals surface area contributed by atoms with Crippen LogP contribution < -0.4 is 16.6 Å². The van der Waals surface area contributed by atoms with E-state index in [0.717, 1.165) is 34.3 Å². The molecule has 4 rings (SSSR count). The van der Waals surface area contributed by atoms with Crippen molar-refractivity contribution < 1.29 is 14.3 Å². The van der Waals surface area contributed by atoms with E-state index in [4.69, 9.17) is 4.74 Å². The second kappa shape index (κ2) is 8.67. The predicted molar refractivity (Wildman–Crippen MR) is 120 cm³/mol. The van der Waals surface area contributed by atoms with Gasteiger partial charge in [-0.25, -0.2) is 9.78 Å². The number of fused-ring (bicyclic) bond motifs is 2. The molecule has 3 aromatic heterocycles. The van der Waals surface area contributed by atoms with Crippen molar-refractivity contribution >= 4 is 39.4 Å². The normalized spacial score (nSPS) is 15.2. The minimum atomic E-state index is -0.750. The summed E-state index contributed by atoms with van der Waals surface area (Å²) in [5.74, 6) is -0.772. The first kappa shape index (κ1) is 22.5. The zero-order chi connectivity index (χ0) is 23.9. The first-order chi connectivity index (χ1) is 15.7. The number of nitrogens with one attached hydrogen (secondary N) is 1. The Hall–Kier alpha value is -3.72. The van der Waals surface area contributed by atoms with Crippen molar-refractivity contribution in [3.05, 3.63) is 43.2 Å². The summed E-state index contributed by atoms with van der Waals surface area (Å²) < 4.78 is 8.47. The molecule has 0 spiro atoms. The van der Waals surface area contributed by atoms with Gasteiger partial charge < -0.3 is 14.6 Å². The highest BCUT2D eigenvalue weighted by atomic mass is 32.1. The summed E-state index contributed by atoms with van der Waals surface area (Å²) in [5, 5.41) is 12.7. The summed E-state index contributed by atoms with van der Waals surface area (Å²) in [6.45, 7) is 1.27. The number of carbonyl (C=O) groups is 2. The zero-order valence-corrected chi connectivity index (χ0v) is 19.2. The third kappa shape index (κ3) is 4.07. The summed E-state index contributed by atoms with van der Waals surface area (Å²) in [7, 11) is 2.81. The Labute approximate surface area is 191 Å². The van der Waals surface area contributed by atoms with E-state index >= 15 is 0 Å². The van der Waals surface area contributed by atoms with Crippen LogP contribution in [0.25, 0.3) is 11.2 Å². The van der Waals surface area contributed by atoms with Gasteiger partial charge in [0.25, 0.3) is 11.5 Å². The number of ether oxygens (including phenoxy) is 1. The molecule has 1 N–H and O–H groups in total. The van der Waals surface area contributed by atoms with Crippen LogP contribution >= 0.6 is 11.3 Å². The quantitative estimate of drug-likeness (QED) is 0.540. The molecule has 1 aliphatic rings. The number of aryl methyl sites for hydroxylation is 1. The lowest BCUT2D eigenvalue weighted by molar-refractivity contribution is -0.147. The van der Waals surface area contributed by atoms with Gasteiger partial charge in [0, 0.05) is 19.0 Å². The summed E-state index contributed by atoms with van der Waals surface area (Å²) in [4.78, 5) is 54.3. The lowest BCUT2D eigenvalue weighted by Gasteiger charge is -2.17. The molecular weight excluding hydrogens is 448 g/mol. The number of carbonyl (C=O) groups excluding carboxylic acids is 2. The predicted octanol–water partition coefficient (Wildman–Crippen LogP) is 0.674. The van der Waals surface area contributed by atoms with E-state index in [1.54, 1.807) is 0 Å². The van der Waals surface area contributed by atoms with Crippen molar-refractivity contribution in [1.82, 2.24) is 18.7 Å². The van der Waals surface area contributed by atoms with Gasteiger partial charge in [0.15, 0.2) is 17.8 Å². The highest BCUT2D eigenvalue weighted by Crippen LogP contribution is 2.39. The number of hydrogen-bond donors (Lipinski definition) is 1. The van der Waals surface area contributed by atoms with E-state index in [1.165, 1.54) is 40.9 Å². The zero-order valence-electron chi connectivity index (χ0n) is 18.4. The lowest BCUT2D eigenvalue weighted by Crippen LogP contribution is -2.37. The lowest BCUT2D eigenvalue weighted by atomic mass is 9.89. The van der Waals surface area contributed by atoms with Crippen LogP contribution in [0.15, 0.2) is 15.9 Å². The standard InChI is InChI=1S/C21H22N6O5S/c1-11-4-5-12-13(7-22)19(33-14(12)6-11)24-15(28)9-32-16(29)8-27-10-23-18-17(27)20(30)26(3)21(31)25(18)2/h10-11H,4-6,8-9H2,1-3H3,(H,24,28)/t11-/m0/s1. The summed E-state index contributed by atoms with van der Waals surface area (Å²) in [6.07, 6.45) is 3.96. The molecule has 33 heavy (non-hydrogen) atoms. The Morgan fingerprint density at radius 1 is 1.33 bits per heavy atom. The van der Waals surface area contributed by atoms with Crippen molar-refractivity contribution in [2.24, 2.45) is 20.0 Å². The van der Waals surface area contributed by atoms with Crippen molar-refractivity contribution in [1.29, 1.82) is 5.26 Å². The van der Waals surface area contributed by atoms with Gasteiger partial charge in [-0.15, -0.1) is 11.3 Å². The first-order valence-corrected chi connectivity index (χ1v) is 11.1. The third-order valence-corrected chi connectivity index (χ3v) is 6.93. The number of amides is 1. The molecule has 1 aliphatic carbocycles. The molecule has 0 saturated carbocycles. The Bertz CT molecular complexity index is 1440. The van der Waals surface area contributed by atoms with Crippen LogP contribution in [0.4, 0.5) is 5.00 Å². The molecule has 3 aromatic rings. The first-order valence-electron chi connectivity index (χ1n) is 10.3. The SMILES string of the molecule is C[C@H]1CCc2c(sc(NC(=O)COC(=O)Cn3cnc4c3c(=O)n(C)c(=O)n4C)c2C#N)C1. The number of rotatable bonds is 5. The Kier molecular flexibility index (Phi) is 5.90.